The molecule has 2 atom stereocenters. The fraction of sp³-hybridized carbons (Fsp3) is 0.200. The van der Waals surface area contributed by atoms with Crippen LogP contribution >= 0.6 is 11.6 Å². The summed E-state index contributed by atoms with van der Waals surface area (Å²) in [5, 5.41) is 7.71. The maximum Gasteiger partial charge on any atom is 0.313 e. The van der Waals surface area contributed by atoms with Crippen LogP contribution in [0.3, 0.4) is 0 Å². The first-order valence-electron chi connectivity index (χ1n) is 4.25. The molecule has 1 aromatic rings. The van der Waals surface area contributed by atoms with Crippen molar-refractivity contribution in [2.24, 2.45) is 5.73 Å². The summed E-state index contributed by atoms with van der Waals surface area (Å²) in [4.78, 5) is 21.8. The predicted molar refractivity (Wildman–Crippen MR) is 55.7 cm³/mol. The second-order valence-electron chi connectivity index (χ2n) is 3.03. The molecule has 0 saturated carbocycles. The van der Waals surface area contributed by atoms with Crippen LogP contribution in [0.4, 0.5) is 0 Å². The van der Waals surface area contributed by atoms with Gasteiger partial charge in [0.1, 0.15) is 11.3 Å². The highest BCUT2D eigenvalue weighted by Gasteiger charge is 2.31. The maximum absolute atomic E-state index is 11.0. The zero-order valence-electron chi connectivity index (χ0n) is 7.76. The zero-order chi connectivity index (χ0) is 11.4. The molecule has 0 bridgehead atoms. The van der Waals surface area contributed by atoms with Crippen LogP contribution < -0.4 is 5.73 Å². The Kier molecular flexibility index (Phi) is 3.68. The molecule has 0 aliphatic heterocycles. The lowest BCUT2D eigenvalue weighted by Crippen LogP contribution is -2.33. The zero-order valence-corrected chi connectivity index (χ0v) is 8.52. The molecule has 2 unspecified atom stereocenters. The third-order valence-corrected chi connectivity index (χ3v) is 2.46. The van der Waals surface area contributed by atoms with Gasteiger partial charge in [-0.3, -0.25) is 9.59 Å². The van der Waals surface area contributed by atoms with Crippen molar-refractivity contribution < 1.29 is 14.7 Å². The van der Waals surface area contributed by atoms with Crippen LogP contribution in [-0.4, -0.2) is 22.4 Å². The Balaban J connectivity index is 3.04. The number of rotatable bonds is 4. The first-order valence-corrected chi connectivity index (χ1v) is 4.69. The van der Waals surface area contributed by atoms with Crippen LogP contribution in [0.15, 0.2) is 30.3 Å². The van der Waals surface area contributed by atoms with E-state index in [2.05, 4.69) is 0 Å². The van der Waals surface area contributed by atoms with Gasteiger partial charge in [-0.05, 0) is 5.56 Å². The summed E-state index contributed by atoms with van der Waals surface area (Å²) < 4.78 is 0. The Labute approximate surface area is 91.7 Å². The Hall–Kier alpha value is -1.55. The van der Waals surface area contributed by atoms with E-state index in [9.17, 15) is 9.59 Å². The van der Waals surface area contributed by atoms with Crippen molar-refractivity contribution in [3.63, 3.8) is 0 Å². The topological polar surface area (TPSA) is 80.4 Å². The molecule has 5 heteroatoms. The van der Waals surface area contributed by atoms with Gasteiger partial charge >= 0.3 is 5.97 Å². The van der Waals surface area contributed by atoms with E-state index in [4.69, 9.17) is 22.4 Å². The summed E-state index contributed by atoms with van der Waals surface area (Å²) in [5.41, 5.74) is 5.44. The number of halogens is 1. The van der Waals surface area contributed by atoms with Gasteiger partial charge in [-0.2, -0.15) is 0 Å². The van der Waals surface area contributed by atoms with E-state index in [0.29, 0.717) is 5.56 Å². The molecule has 4 nitrogen and oxygen atoms in total. The van der Waals surface area contributed by atoms with Gasteiger partial charge in [-0.1, -0.05) is 30.3 Å². The number of primary amides is 1. The molecule has 0 spiro atoms. The lowest BCUT2D eigenvalue weighted by Gasteiger charge is -2.15. The molecule has 0 fully saturated rings. The average molecular weight is 228 g/mol. The first kappa shape index (κ1) is 11.5. The second-order valence-corrected chi connectivity index (χ2v) is 3.50. The Bertz CT molecular complexity index is 366. The number of carboxylic acid groups (broad SMARTS) is 1. The highest BCUT2D eigenvalue weighted by Crippen LogP contribution is 2.23. The number of benzene rings is 1. The first-order chi connectivity index (χ1) is 7.04. The number of nitrogens with two attached hydrogens (primary N) is 1. The minimum absolute atomic E-state index is 0.462. The molecule has 1 rings (SSSR count). The minimum atomic E-state index is -1.25. The van der Waals surface area contributed by atoms with Crippen molar-refractivity contribution in [3.8, 4) is 0 Å². The van der Waals surface area contributed by atoms with E-state index >= 15 is 0 Å². The smallest absolute Gasteiger partial charge is 0.313 e. The number of carbonyl (C=O) groups is 2. The summed E-state index contributed by atoms with van der Waals surface area (Å²) in [7, 11) is 0. The van der Waals surface area contributed by atoms with Gasteiger partial charge in [0.2, 0.25) is 5.91 Å². The van der Waals surface area contributed by atoms with Crippen LogP contribution in [0, 0.1) is 0 Å². The Morgan fingerprint density at radius 3 is 2.20 bits per heavy atom. The van der Waals surface area contributed by atoms with Crippen molar-refractivity contribution in [2.45, 2.75) is 11.3 Å². The summed E-state index contributed by atoms with van der Waals surface area (Å²) in [5.74, 6) is -3.11. The fourth-order valence-electron chi connectivity index (χ4n) is 1.26. The van der Waals surface area contributed by atoms with E-state index in [1.54, 1.807) is 30.3 Å². The van der Waals surface area contributed by atoms with Crippen molar-refractivity contribution in [2.75, 3.05) is 0 Å². The summed E-state index contributed by atoms with van der Waals surface area (Å²) >= 11 is 5.66. The van der Waals surface area contributed by atoms with E-state index in [1.807, 2.05) is 0 Å². The molecule has 3 N–H and O–H groups in total. The molecule has 0 aromatic heterocycles. The molecule has 1 amide bonds. The number of amides is 1. The number of hydrogen-bond acceptors (Lipinski definition) is 2. The van der Waals surface area contributed by atoms with Crippen molar-refractivity contribution in [1.82, 2.24) is 0 Å². The molecule has 15 heavy (non-hydrogen) atoms. The maximum atomic E-state index is 11.0. The largest absolute Gasteiger partial charge is 0.481 e. The number of aliphatic carboxylic acids is 1. The van der Waals surface area contributed by atoms with E-state index < -0.39 is 23.2 Å². The summed E-state index contributed by atoms with van der Waals surface area (Å²) in [6.07, 6.45) is 0. The quantitative estimate of drug-likeness (QED) is 0.752. The average Bonchev–Trinajstić information content (AvgIpc) is 2.18. The van der Waals surface area contributed by atoms with Crippen LogP contribution in [0.2, 0.25) is 0 Å². The predicted octanol–water partition coefficient (Wildman–Crippen LogP) is 0.947. The lowest BCUT2D eigenvalue weighted by atomic mass is 9.95. The van der Waals surface area contributed by atoms with E-state index in [0.717, 1.165) is 0 Å². The molecule has 0 aliphatic carbocycles. The summed E-state index contributed by atoms with van der Waals surface area (Å²) in [6.45, 7) is 0. The van der Waals surface area contributed by atoms with Crippen LogP contribution in [-0.2, 0) is 9.59 Å². The van der Waals surface area contributed by atoms with Crippen molar-refractivity contribution in [1.29, 1.82) is 0 Å². The highest BCUT2D eigenvalue weighted by molar-refractivity contribution is 6.32. The monoisotopic (exact) mass is 227 g/mol. The van der Waals surface area contributed by atoms with Gasteiger partial charge in [-0.15, -0.1) is 11.6 Å². The standard InChI is InChI=1S/C10H10ClNO3/c11-8(9(12)13)7(10(14)15)6-4-2-1-3-5-6/h1-5,7-8H,(H2,12,13)(H,14,15). The van der Waals surface area contributed by atoms with Gasteiger partial charge in [0, 0.05) is 0 Å². The van der Waals surface area contributed by atoms with E-state index in [1.165, 1.54) is 0 Å². The Morgan fingerprint density at radius 2 is 1.80 bits per heavy atom. The number of alkyl halides is 1. The molecule has 0 saturated heterocycles. The van der Waals surface area contributed by atoms with Crippen LogP contribution in [0.25, 0.3) is 0 Å². The van der Waals surface area contributed by atoms with Crippen LogP contribution in [0.1, 0.15) is 11.5 Å². The van der Waals surface area contributed by atoms with Gasteiger partial charge in [0.25, 0.3) is 0 Å². The second kappa shape index (κ2) is 4.79. The fourth-order valence-corrected chi connectivity index (χ4v) is 1.51. The van der Waals surface area contributed by atoms with Crippen LogP contribution in [0.5, 0.6) is 0 Å². The molecule has 0 heterocycles. The van der Waals surface area contributed by atoms with E-state index in [-0.39, 0.29) is 0 Å². The lowest BCUT2D eigenvalue weighted by molar-refractivity contribution is -0.140. The third kappa shape index (κ3) is 2.70. The SMILES string of the molecule is NC(=O)C(Cl)C(C(=O)O)c1ccccc1. The van der Waals surface area contributed by atoms with Gasteiger partial charge in [-0.25, -0.2) is 0 Å². The molecular formula is C10H10ClNO3. The van der Waals surface area contributed by atoms with Crippen molar-refractivity contribution >= 4 is 23.5 Å². The molecule has 0 radical (unpaired) electrons. The normalized spacial score (nSPS) is 14.2. The minimum Gasteiger partial charge on any atom is -0.481 e. The summed E-state index contributed by atoms with van der Waals surface area (Å²) in [6, 6.07) is 8.29. The third-order valence-electron chi connectivity index (χ3n) is 1.99. The molecule has 80 valence electrons. The Morgan fingerprint density at radius 1 is 1.27 bits per heavy atom. The molecular weight excluding hydrogens is 218 g/mol. The molecule has 0 aliphatic rings. The number of carboxylic acids is 1. The van der Waals surface area contributed by atoms with Crippen molar-refractivity contribution in [3.05, 3.63) is 35.9 Å². The van der Waals surface area contributed by atoms with Gasteiger partial charge in [0.05, 0.1) is 0 Å². The van der Waals surface area contributed by atoms with Gasteiger partial charge < -0.3 is 10.8 Å². The number of hydrogen-bond donors (Lipinski definition) is 2. The van der Waals surface area contributed by atoms with Gasteiger partial charge in [0.15, 0.2) is 0 Å². The highest BCUT2D eigenvalue weighted by atomic mass is 35.5. The molecule has 1 aromatic carbocycles. The number of carbonyl (C=O) groups excluding carboxylic acids is 1.